The molecule has 0 atom stereocenters. The van der Waals surface area contributed by atoms with Crippen LogP contribution < -0.4 is 5.32 Å². The van der Waals surface area contributed by atoms with E-state index in [0.717, 1.165) is 20.9 Å². The lowest BCUT2D eigenvalue weighted by atomic mass is 10.2. The van der Waals surface area contributed by atoms with E-state index < -0.39 is 5.91 Å². The molecule has 0 fully saturated rings. The van der Waals surface area contributed by atoms with E-state index in [-0.39, 0.29) is 11.6 Å². The zero-order chi connectivity index (χ0) is 24.9. The quantitative estimate of drug-likeness (QED) is 0.370. The van der Waals surface area contributed by atoms with E-state index >= 15 is 0 Å². The van der Waals surface area contributed by atoms with Crippen LogP contribution in [0.4, 0.5) is 0 Å². The summed E-state index contributed by atoms with van der Waals surface area (Å²) in [5.74, 6) is -0.553. The second kappa shape index (κ2) is 10.3. The van der Waals surface area contributed by atoms with Crippen molar-refractivity contribution in [3.8, 4) is 0 Å². The van der Waals surface area contributed by atoms with Gasteiger partial charge in [-0.3, -0.25) is 19.6 Å². The highest BCUT2D eigenvalue weighted by Gasteiger charge is 2.19. The molecular weight excluding hydrogens is 472 g/mol. The molecule has 0 aliphatic heterocycles. The number of benzene rings is 2. The Morgan fingerprint density at radius 1 is 0.944 bits per heavy atom. The van der Waals surface area contributed by atoms with Crippen LogP contribution in [0.5, 0.6) is 0 Å². The van der Waals surface area contributed by atoms with E-state index in [9.17, 15) is 9.59 Å². The molecule has 0 aliphatic rings. The average Bonchev–Trinajstić information content (AvgIpc) is 3.30. The third-order valence-corrected chi connectivity index (χ3v) is 6.41. The fourth-order valence-electron chi connectivity index (χ4n) is 3.62. The first-order valence-electron chi connectivity index (χ1n) is 11.1. The van der Waals surface area contributed by atoms with Crippen LogP contribution in [0.3, 0.4) is 0 Å². The van der Waals surface area contributed by atoms with Crippen LogP contribution in [0.25, 0.3) is 23.1 Å². The van der Waals surface area contributed by atoms with Crippen molar-refractivity contribution in [3.63, 3.8) is 0 Å². The molecule has 0 bridgehead atoms. The van der Waals surface area contributed by atoms with Crippen molar-refractivity contribution in [3.05, 3.63) is 108 Å². The van der Waals surface area contributed by atoms with Crippen molar-refractivity contribution in [1.29, 1.82) is 0 Å². The first-order chi connectivity index (χ1) is 17.6. The fourth-order valence-corrected chi connectivity index (χ4v) is 4.60. The van der Waals surface area contributed by atoms with Gasteiger partial charge in [-0.25, -0.2) is 4.98 Å². The van der Waals surface area contributed by atoms with Gasteiger partial charge in [-0.05, 0) is 54.6 Å². The number of fused-ring (bicyclic) bond motifs is 1. The molecule has 176 valence electrons. The molecule has 0 spiro atoms. The number of nitrogens with one attached hydrogen (secondary N) is 1. The Kier molecular flexibility index (Phi) is 6.63. The molecule has 5 rings (SSSR count). The second-order valence-corrected chi connectivity index (χ2v) is 8.75. The highest BCUT2D eigenvalue weighted by Crippen LogP contribution is 2.33. The van der Waals surface area contributed by atoms with E-state index in [1.165, 1.54) is 35.0 Å². The van der Waals surface area contributed by atoms with Crippen molar-refractivity contribution < 1.29 is 9.59 Å². The van der Waals surface area contributed by atoms with Crippen LogP contribution in [0, 0.1) is 0 Å². The number of rotatable bonds is 6. The normalized spacial score (nSPS) is 11.1. The zero-order valence-electron chi connectivity index (χ0n) is 19.2. The highest BCUT2D eigenvalue weighted by molar-refractivity contribution is 7.99. The summed E-state index contributed by atoms with van der Waals surface area (Å²) in [5.41, 5.74) is 2.78. The van der Waals surface area contributed by atoms with Gasteiger partial charge in [-0.15, -0.1) is 0 Å². The zero-order valence-corrected chi connectivity index (χ0v) is 20.0. The highest BCUT2D eigenvalue weighted by atomic mass is 32.2. The first kappa shape index (κ1) is 23.1. The molecule has 8 nitrogen and oxygen atoms in total. The Hall–Kier alpha value is -4.63. The van der Waals surface area contributed by atoms with Crippen molar-refractivity contribution in [2.24, 2.45) is 0 Å². The van der Waals surface area contributed by atoms with Crippen LogP contribution >= 0.6 is 11.8 Å². The first-order valence-corrected chi connectivity index (χ1v) is 11.9. The fraction of sp³-hybridized carbons (Fsp3) is 0.0370. The van der Waals surface area contributed by atoms with Crippen LogP contribution in [0.15, 0.2) is 95.2 Å². The average molecular weight is 493 g/mol. The van der Waals surface area contributed by atoms with Crippen LogP contribution in [0.2, 0.25) is 0 Å². The van der Waals surface area contributed by atoms with Gasteiger partial charge < -0.3 is 5.32 Å². The molecule has 1 amide bonds. The van der Waals surface area contributed by atoms with Crippen molar-refractivity contribution in [2.75, 3.05) is 7.05 Å². The number of carbonyl (C=O) groups excluding carboxylic acids is 2. The standard InChI is InChI=1S/C27H20N6O2S/c1-28-26(34)21-7-2-3-8-25(21)36-19-10-11-20-22(12-9-18-6-4-5-13-30-18)32-33(24(20)16-19)27(35)23-17-29-14-15-31-23/h2-17H,1H3,(H,28,34)/b12-9+. The topological polar surface area (TPSA) is 103 Å². The maximum absolute atomic E-state index is 13.3. The Balaban J connectivity index is 1.59. The summed E-state index contributed by atoms with van der Waals surface area (Å²) in [6.45, 7) is 0. The van der Waals surface area contributed by atoms with E-state index in [1.807, 2.05) is 66.7 Å². The van der Waals surface area contributed by atoms with Crippen LogP contribution in [-0.2, 0) is 0 Å². The van der Waals surface area contributed by atoms with Crippen LogP contribution in [0.1, 0.15) is 32.2 Å². The second-order valence-electron chi connectivity index (χ2n) is 7.64. The largest absolute Gasteiger partial charge is 0.355 e. The minimum absolute atomic E-state index is 0.163. The number of nitrogens with zero attached hydrogens (tertiary/aromatic N) is 5. The summed E-state index contributed by atoms with van der Waals surface area (Å²) in [4.78, 5) is 39.7. The molecule has 3 heterocycles. The Bertz CT molecular complexity index is 1580. The molecule has 0 saturated heterocycles. The lowest BCUT2D eigenvalue weighted by Crippen LogP contribution is -2.18. The maximum atomic E-state index is 13.3. The van der Waals surface area contributed by atoms with Gasteiger partial charge in [0.15, 0.2) is 0 Å². The number of amides is 1. The Morgan fingerprint density at radius 2 is 1.81 bits per heavy atom. The Labute approximate surface area is 211 Å². The van der Waals surface area contributed by atoms with E-state index in [2.05, 4.69) is 25.4 Å². The Morgan fingerprint density at radius 3 is 2.58 bits per heavy atom. The van der Waals surface area contributed by atoms with Gasteiger partial charge in [0.05, 0.1) is 28.7 Å². The summed E-state index contributed by atoms with van der Waals surface area (Å²) in [6.07, 6.45) is 9.79. The minimum Gasteiger partial charge on any atom is -0.355 e. The molecule has 5 aromatic rings. The van der Waals surface area contributed by atoms with E-state index in [0.29, 0.717) is 16.8 Å². The van der Waals surface area contributed by atoms with Gasteiger partial charge >= 0.3 is 0 Å². The van der Waals surface area contributed by atoms with Crippen molar-refractivity contribution >= 4 is 46.6 Å². The van der Waals surface area contributed by atoms with Gasteiger partial charge in [-0.1, -0.05) is 30.0 Å². The molecule has 1 N–H and O–H groups in total. The maximum Gasteiger partial charge on any atom is 0.298 e. The molecular formula is C27H20N6O2S. The predicted octanol–water partition coefficient (Wildman–Crippen LogP) is 4.59. The van der Waals surface area contributed by atoms with Crippen molar-refractivity contribution in [1.82, 2.24) is 30.0 Å². The van der Waals surface area contributed by atoms with Gasteiger partial charge in [-0.2, -0.15) is 9.78 Å². The molecule has 9 heteroatoms. The minimum atomic E-state index is -0.390. The summed E-state index contributed by atoms with van der Waals surface area (Å²) in [7, 11) is 1.60. The molecule has 0 unspecified atom stereocenters. The molecule has 36 heavy (non-hydrogen) atoms. The number of hydrogen-bond donors (Lipinski definition) is 1. The van der Waals surface area contributed by atoms with E-state index in [4.69, 9.17) is 0 Å². The molecule has 0 radical (unpaired) electrons. The summed E-state index contributed by atoms with van der Waals surface area (Å²) in [5, 5.41) is 8.07. The smallest absolute Gasteiger partial charge is 0.298 e. The predicted molar refractivity (Wildman–Crippen MR) is 139 cm³/mol. The molecule has 2 aromatic carbocycles. The van der Waals surface area contributed by atoms with Crippen molar-refractivity contribution in [2.45, 2.75) is 9.79 Å². The third kappa shape index (κ3) is 4.77. The van der Waals surface area contributed by atoms with Gasteiger partial charge in [0.1, 0.15) is 5.69 Å². The number of carbonyl (C=O) groups is 2. The third-order valence-electron chi connectivity index (χ3n) is 5.34. The monoisotopic (exact) mass is 492 g/mol. The summed E-state index contributed by atoms with van der Waals surface area (Å²) in [6, 6.07) is 18.8. The summed E-state index contributed by atoms with van der Waals surface area (Å²) >= 11 is 1.44. The molecule has 0 aliphatic carbocycles. The number of hydrogen-bond acceptors (Lipinski definition) is 7. The number of pyridine rings is 1. The molecule has 0 saturated carbocycles. The molecule has 3 aromatic heterocycles. The number of aromatic nitrogens is 5. The van der Waals surface area contributed by atoms with Gasteiger partial charge in [0.25, 0.3) is 11.8 Å². The SMILES string of the molecule is CNC(=O)c1ccccc1Sc1ccc2c(/C=C/c3ccccn3)nn(C(=O)c3cnccn3)c2c1. The van der Waals surface area contributed by atoms with E-state index in [1.54, 1.807) is 19.3 Å². The van der Waals surface area contributed by atoms with Gasteiger partial charge in [0, 0.05) is 40.8 Å². The van der Waals surface area contributed by atoms with Crippen LogP contribution in [-0.4, -0.2) is 43.6 Å². The summed E-state index contributed by atoms with van der Waals surface area (Å²) < 4.78 is 1.34. The lowest BCUT2D eigenvalue weighted by molar-refractivity contribution is 0.0941. The van der Waals surface area contributed by atoms with Gasteiger partial charge in [0.2, 0.25) is 0 Å². The lowest BCUT2D eigenvalue weighted by Gasteiger charge is -2.08.